The molecule has 152 valence electrons. The van der Waals surface area contributed by atoms with E-state index in [9.17, 15) is 0 Å². The predicted octanol–water partition coefficient (Wildman–Crippen LogP) is 1.39. The minimum Gasteiger partial charge on any atom is -0.378 e. The zero-order valence-corrected chi connectivity index (χ0v) is 16.7. The number of nitrogens with one attached hydrogen (secondary N) is 3. The highest BCUT2D eigenvalue weighted by atomic mass is 16.5. The third-order valence-electron chi connectivity index (χ3n) is 5.54. The molecule has 29 heavy (non-hydrogen) atoms. The van der Waals surface area contributed by atoms with Gasteiger partial charge in [-0.2, -0.15) is 0 Å². The number of hydrogen-bond acceptors (Lipinski definition) is 8. The molecule has 1 fully saturated rings. The summed E-state index contributed by atoms with van der Waals surface area (Å²) in [6.45, 7) is 7.97. The summed E-state index contributed by atoms with van der Waals surface area (Å²) in [6, 6.07) is 8.63. The van der Waals surface area contributed by atoms with E-state index < -0.39 is 0 Å². The number of nitrogens with zero attached hydrogens (tertiary/aromatic N) is 4. The van der Waals surface area contributed by atoms with Gasteiger partial charge in [-0.15, -0.1) is 0 Å². The van der Waals surface area contributed by atoms with E-state index in [-0.39, 0.29) is 0 Å². The van der Waals surface area contributed by atoms with Crippen molar-refractivity contribution >= 4 is 17.5 Å². The van der Waals surface area contributed by atoms with Crippen molar-refractivity contribution in [3.63, 3.8) is 0 Å². The van der Waals surface area contributed by atoms with Gasteiger partial charge in [-0.3, -0.25) is 4.99 Å². The Balaban J connectivity index is 1.42. The van der Waals surface area contributed by atoms with Gasteiger partial charge < -0.3 is 25.6 Å². The fraction of sp³-hybridized carbons (Fsp3) is 0.476. The SMILES string of the molecule is CC1CN=C(Nc2ccc(-c3nc4c(c(N5CCOCC5)n3)CCNC4)cc2)N1. The molecule has 1 aromatic heterocycles. The molecule has 4 heterocycles. The lowest BCUT2D eigenvalue weighted by Gasteiger charge is -2.31. The normalized spacial score (nSPS) is 21.3. The molecule has 1 saturated heterocycles. The zero-order valence-electron chi connectivity index (χ0n) is 16.7. The van der Waals surface area contributed by atoms with Crippen LogP contribution in [0.4, 0.5) is 11.5 Å². The van der Waals surface area contributed by atoms with Gasteiger partial charge in [0.1, 0.15) is 5.82 Å². The second-order valence-electron chi connectivity index (χ2n) is 7.76. The van der Waals surface area contributed by atoms with Crippen LogP contribution in [0.25, 0.3) is 11.4 Å². The van der Waals surface area contributed by atoms with Crippen molar-refractivity contribution in [2.45, 2.75) is 25.9 Å². The van der Waals surface area contributed by atoms with Gasteiger partial charge >= 0.3 is 0 Å². The molecule has 0 amide bonds. The molecule has 3 aliphatic rings. The summed E-state index contributed by atoms with van der Waals surface area (Å²) in [5.74, 6) is 2.69. The highest BCUT2D eigenvalue weighted by Crippen LogP contribution is 2.28. The van der Waals surface area contributed by atoms with Crippen LogP contribution < -0.4 is 20.9 Å². The average Bonchev–Trinajstić information content (AvgIpc) is 3.18. The predicted molar refractivity (Wildman–Crippen MR) is 114 cm³/mol. The molecule has 3 aliphatic heterocycles. The second-order valence-corrected chi connectivity index (χ2v) is 7.76. The van der Waals surface area contributed by atoms with Crippen LogP contribution in [-0.4, -0.2) is 61.4 Å². The first-order chi connectivity index (χ1) is 14.3. The lowest BCUT2D eigenvalue weighted by molar-refractivity contribution is 0.122. The van der Waals surface area contributed by atoms with E-state index in [1.54, 1.807) is 0 Å². The molecule has 2 aromatic rings. The van der Waals surface area contributed by atoms with E-state index in [1.165, 1.54) is 5.56 Å². The first kappa shape index (κ1) is 18.3. The number of morpholine rings is 1. The van der Waals surface area contributed by atoms with Gasteiger partial charge in [0.25, 0.3) is 0 Å². The number of aliphatic imine (C=N–C) groups is 1. The fourth-order valence-electron chi connectivity index (χ4n) is 3.97. The van der Waals surface area contributed by atoms with Crippen molar-refractivity contribution in [1.29, 1.82) is 0 Å². The standard InChI is InChI=1S/C21H27N7O/c1-14-12-23-21(24-14)25-16-4-2-15(3-5-16)19-26-18-13-22-7-6-17(18)20(27-19)28-8-10-29-11-9-28/h2-5,14,22H,6-13H2,1H3,(H2,23,24,25). The molecule has 0 aliphatic carbocycles. The van der Waals surface area contributed by atoms with Gasteiger partial charge in [0.05, 0.1) is 25.5 Å². The molecule has 0 radical (unpaired) electrons. The van der Waals surface area contributed by atoms with Crippen LogP contribution in [0, 0.1) is 0 Å². The van der Waals surface area contributed by atoms with Crippen LogP contribution in [0.2, 0.25) is 0 Å². The maximum atomic E-state index is 5.54. The Bertz CT molecular complexity index is 906. The first-order valence-electron chi connectivity index (χ1n) is 10.4. The van der Waals surface area contributed by atoms with Crippen molar-refractivity contribution in [1.82, 2.24) is 20.6 Å². The summed E-state index contributed by atoms with van der Waals surface area (Å²) in [6.07, 6.45) is 0.971. The topological polar surface area (TPSA) is 86.7 Å². The highest BCUT2D eigenvalue weighted by molar-refractivity contribution is 5.95. The highest BCUT2D eigenvalue weighted by Gasteiger charge is 2.23. The second kappa shape index (κ2) is 7.96. The molecule has 0 spiro atoms. The summed E-state index contributed by atoms with van der Waals surface area (Å²) in [7, 11) is 0. The van der Waals surface area contributed by atoms with Crippen LogP contribution in [0.3, 0.4) is 0 Å². The summed E-state index contributed by atoms with van der Waals surface area (Å²) in [4.78, 5) is 16.7. The van der Waals surface area contributed by atoms with Crippen LogP contribution in [0.5, 0.6) is 0 Å². The van der Waals surface area contributed by atoms with E-state index in [2.05, 4.69) is 57.0 Å². The van der Waals surface area contributed by atoms with Gasteiger partial charge in [-0.25, -0.2) is 9.97 Å². The van der Waals surface area contributed by atoms with Gasteiger partial charge in [-0.1, -0.05) is 0 Å². The Morgan fingerprint density at radius 2 is 1.97 bits per heavy atom. The number of hydrogen-bond donors (Lipinski definition) is 3. The Hall–Kier alpha value is -2.71. The minimum absolute atomic E-state index is 0.382. The summed E-state index contributed by atoms with van der Waals surface area (Å²) in [5.41, 5.74) is 4.42. The van der Waals surface area contributed by atoms with Crippen molar-refractivity contribution in [3.8, 4) is 11.4 Å². The molecule has 1 aromatic carbocycles. The Labute approximate surface area is 170 Å². The Kier molecular flexibility index (Phi) is 5.03. The molecule has 8 nitrogen and oxygen atoms in total. The largest absolute Gasteiger partial charge is 0.378 e. The van der Waals surface area contributed by atoms with Gasteiger partial charge in [-0.05, 0) is 44.2 Å². The number of aromatic nitrogens is 2. The molecule has 3 N–H and O–H groups in total. The number of anilines is 2. The number of rotatable bonds is 3. The molecule has 1 atom stereocenters. The van der Waals surface area contributed by atoms with Crippen molar-refractivity contribution in [2.24, 2.45) is 4.99 Å². The summed E-state index contributed by atoms with van der Waals surface area (Å²) < 4.78 is 5.54. The summed E-state index contributed by atoms with van der Waals surface area (Å²) in [5, 5.41) is 10.1. The van der Waals surface area contributed by atoms with Gasteiger partial charge in [0.15, 0.2) is 11.8 Å². The molecule has 8 heteroatoms. The molecule has 5 rings (SSSR count). The van der Waals surface area contributed by atoms with E-state index in [1.807, 2.05) is 0 Å². The first-order valence-corrected chi connectivity index (χ1v) is 10.4. The monoisotopic (exact) mass is 393 g/mol. The van der Waals surface area contributed by atoms with E-state index in [0.29, 0.717) is 6.04 Å². The minimum atomic E-state index is 0.382. The molecule has 0 saturated carbocycles. The third kappa shape index (κ3) is 3.90. The van der Waals surface area contributed by atoms with Gasteiger partial charge in [0.2, 0.25) is 0 Å². The van der Waals surface area contributed by atoms with E-state index in [4.69, 9.17) is 14.7 Å². The quantitative estimate of drug-likeness (QED) is 0.726. The van der Waals surface area contributed by atoms with Crippen molar-refractivity contribution in [2.75, 3.05) is 49.6 Å². The molecular weight excluding hydrogens is 366 g/mol. The maximum absolute atomic E-state index is 5.54. The van der Waals surface area contributed by atoms with Crippen LogP contribution in [-0.2, 0) is 17.7 Å². The Morgan fingerprint density at radius 3 is 2.72 bits per heavy atom. The fourth-order valence-corrected chi connectivity index (χ4v) is 3.97. The van der Waals surface area contributed by atoms with E-state index >= 15 is 0 Å². The van der Waals surface area contributed by atoms with Crippen LogP contribution in [0.15, 0.2) is 29.3 Å². The number of benzene rings is 1. The van der Waals surface area contributed by atoms with Crippen molar-refractivity contribution < 1.29 is 4.74 Å². The molecular formula is C21H27N7O. The smallest absolute Gasteiger partial charge is 0.196 e. The molecule has 1 unspecified atom stereocenters. The third-order valence-corrected chi connectivity index (χ3v) is 5.54. The van der Waals surface area contributed by atoms with Crippen LogP contribution in [0.1, 0.15) is 18.2 Å². The Morgan fingerprint density at radius 1 is 1.14 bits per heavy atom. The summed E-state index contributed by atoms with van der Waals surface area (Å²) >= 11 is 0. The lowest BCUT2D eigenvalue weighted by Crippen LogP contribution is -2.39. The average molecular weight is 393 g/mol. The zero-order chi connectivity index (χ0) is 19.6. The number of ether oxygens (including phenoxy) is 1. The lowest BCUT2D eigenvalue weighted by atomic mass is 10.1. The molecule has 0 bridgehead atoms. The van der Waals surface area contributed by atoms with Crippen molar-refractivity contribution in [3.05, 3.63) is 35.5 Å². The number of guanidine groups is 1. The van der Waals surface area contributed by atoms with Gasteiger partial charge in [0, 0.05) is 42.5 Å². The maximum Gasteiger partial charge on any atom is 0.196 e. The van der Waals surface area contributed by atoms with Crippen LogP contribution >= 0.6 is 0 Å². The van der Waals surface area contributed by atoms with E-state index in [0.717, 1.165) is 86.9 Å². The number of fused-ring (bicyclic) bond motifs is 1.